The third-order valence-corrected chi connectivity index (χ3v) is 3.38. The third kappa shape index (κ3) is 2.85. The van der Waals surface area contributed by atoms with Crippen LogP contribution >= 0.6 is 0 Å². The minimum absolute atomic E-state index is 0.207. The van der Waals surface area contributed by atoms with Crippen LogP contribution in [0.1, 0.15) is 37.9 Å². The van der Waals surface area contributed by atoms with Gasteiger partial charge in [-0.3, -0.25) is 14.4 Å². The minimum atomic E-state index is -0.729. The van der Waals surface area contributed by atoms with Crippen LogP contribution in [0.4, 0.5) is 0 Å². The zero-order valence-corrected chi connectivity index (χ0v) is 10.3. The highest BCUT2D eigenvalue weighted by molar-refractivity contribution is 5.66. The molecule has 17 heavy (non-hydrogen) atoms. The van der Waals surface area contributed by atoms with E-state index in [2.05, 4.69) is 16.9 Å². The molecule has 1 unspecified atom stereocenters. The lowest BCUT2D eigenvalue weighted by Crippen LogP contribution is -2.32. The van der Waals surface area contributed by atoms with Crippen molar-refractivity contribution in [2.45, 2.75) is 38.3 Å². The van der Waals surface area contributed by atoms with Crippen molar-refractivity contribution in [3.8, 4) is 0 Å². The number of aromatic nitrogens is 2. The van der Waals surface area contributed by atoms with Gasteiger partial charge in [0.2, 0.25) is 0 Å². The number of hydrogen-bond donors (Lipinski definition) is 1. The second kappa shape index (κ2) is 4.87. The predicted octanol–water partition coefficient (Wildman–Crippen LogP) is 1.42. The van der Waals surface area contributed by atoms with Crippen LogP contribution in [0, 0.1) is 0 Å². The second-order valence-electron chi connectivity index (χ2n) is 4.67. The van der Waals surface area contributed by atoms with E-state index in [-0.39, 0.29) is 12.5 Å². The SMILES string of the molecule is CC(c1ccnn1C)N(CCC(=O)O)C1CC1. The molecule has 1 N–H and O–H groups in total. The van der Waals surface area contributed by atoms with Gasteiger partial charge in [0.15, 0.2) is 0 Å². The van der Waals surface area contributed by atoms with Gasteiger partial charge in [-0.2, -0.15) is 5.10 Å². The van der Waals surface area contributed by atoms with Crippen LogP contribution in [0.15, 0.2) is 12.3 Å². The van der Waals surface area contributed by atoms with E-state index in [4.69, 9.17) is 5.11 Å². The number of nitrogens with zero attached hydrogens (tertiary/aromatic N) is 3. The Labute approximate surface area is 101 Å². The number of aliphatic carboxylic acids is 1. The summed E-state index contributed by atoms with van der Waals surface area (Å²) in [7, 11) is 1.92. The summed E-state index contributed by atoms with van der Waals surface area (Å²) in [6.45, 7) is 2.74. The molecule has 1 aromatic heterocycles. The van der Waals surface area contributed by atoms with E-state index in [0.717, 1.165) is 5.69 Å². The van der Waals surface area contributed by atoms with Crippen molar-refractivity contribution in [1.82, 2.24) is 14.7 Å². The van der Waals surface area contributed by atoms with Gasteiger partial charge in [-0.25, -0.2) is 0 Å². The van der Waals surface area contributed by atoms with Crippen molar-refractivity contribution in [3.05, 3.63) is 18.0 Å². The zero-order valence-electron chi connectivity index (χ0n) is 10.3. The molecule has 5 heteroatoms. The van der Waals surface area contributed by atoms with Gasteiger partial charge in [0.05, 0.1) is 12.1 Å². The summed E-state index contributed by atoms with van der Waals surface area (Å²) in [4.78, 5) is 13.0. The number of rotatable bonds is 6. The van der Waals surface area contributed by atoms with Crippen LogP contribution in [0.5, 0.6) is 0 Å². The van der Waals surface area contributed by atoms with Crippen LogP contribution in [-0.4, -0.2) is 38.3 Å². The van der Waals surface area contributed by atoms with Crippen LogP contribution in [0.2, 0.25) is 0 Å². The van der Waals surface area contributed by atoms with Gasteiger partial charge in [-0.1, -0.05) is 0 Å². The van der Waals surface area contributed by atoms with Crippen molar-refractivity contribution in [3.63, 3.8) is 0 Å². The van der Waals surface area contributed by atoms with E-state index in [1.165, 1.54) is 12.8 Å². The molecule has 0 aliphatic heterocycles. The summed E-state index contributed by atoms with van der Waals surface area (Å²) in [6, 6.07) is 2.79. The topological polar surface area (TPSA) is 58.4 Å². The normalized spacial score (nSPS) is 17.4. The number of carboxylic acid groups (broad SMARTS) is 1. The largest absolute Gasteiger partial charge is 0.481 e. The van der Waals surface area contributed by atoms with Crippen molar-refractivity contribution in [2.75, 3.05) is 6.54 Å². The highest BCUT2D eigenvalue weighted by Gasteiger charge is 2.33. The van der Waals surface area contributed by atoms with E-state index in [0.29, 0.717) is 12.6 Å². The second-order valence-corrected chi connectivity index (χ2v) is 4.67. The van der Waals surface area contributed by atoms with Gasteiger partial charge in [-0.15, -0.1) is 0 Å². The fourth-order valence-corrected chi connectivity index (χ4v) is 2.29. The molecule has 5 nitrogen and oxygen atoms in total. The average molecular weight is 237 g/mol. The average Bonchev–Trinajstić information content (AvgIpc) is 3.00. The summed E-state index contributed by atoms with van der Waals surface area (Å²) >= 11 is 0. The Morgan fingerprint density at radius 3 is 2.88 bits per heavy atom. The molecular weight excluding hydrogens is 218 g/mol. The number of hydrogen-bond acceptors (Lipinski definition) is 3. The first-order chi connectivity index (χ1) is 8.09. The highest BCUT2D eigenvalue weighted by Crippen LogP contribution is 2.34. The molecule has 94 valence electrons. The lowest BCUT2D eigenvalue weighted by Gasteiger charge is -2.28. The van der Waals surface area contributed by atoms with Gasteiger partial charge in [-0.05, 0) is 25.8 Å². The molecule has 1 aliphatic rings. The van der Waals surface area contributed by atoms with E-state index >= 15 is 0 Å². The minimum Gasteiger partial charge on any atom is -0.481 e. The van der Waals surface area contributed by atoms with E-state index in [1.807, 2.05) is 17.8 Å². The molecule has 1 aliphatic carbocycles. The first-order valence-electron chi connectivity index (χ1n) is 6.05. The van der Waals surface area contributed by atoms with Gasteiger partial charge in [0, 0.05) is 31.9 Å². The molecule has 1 fully saturated rings. The van der Waals surface area contributed by atoms with Crippen LogP contribution in [0.3, 0.4) is 0 Å². The summed E-state index contributed by atoms with van der Waals surface area (Å²) < 4.78 is 1.86. The molecule has 0 aromatic carbocycles. The predicted molar refractivity (Wildman–Crippen MR) is 63.6 cm³/mol. The third-order valence-electron chi connectivity index (χ3n) is 3.38. The molecule has 0 saturated heterocycles. The van der Waals surface area contributed by atoms with Crippen LogP contribution in [0.25, 0.3) is 0 Å². The smallest absolute Gasteiger partial charge is 0.304 e. The molecule has 2 rings (SSSR count). The molecule has 1 aromatic rings. The Bertz CT molecular complexity index is 398. The highest BCUT2D eigenvalue weighted by atomic mass is 16.4. The van der Waals surface area contributed by atoms with Gasteiger partial charge in [0.1, 0.15) is 0 Å². The maximum absolute atomic E-state index is 10.7. The molecule has 0 radical (unpaired) electrons. The fraction of sp³-hybridized carbons (Fsp3) is 0.667. The van der Waals surface area contributed by atoms with Crippen LogP contribution < -0.4 is 0 Å². The molecule has 0 amide bonds. The van der Waals surface area contributed by atoms with Gasteiger partial charge < -0.3 is 5.11 Å². The molecular formula is C12H19N3O2. The summed E-state index contributed by atoms with van der Waals surface area (Å²) in [5.41, 5.74) is 1.14. The van der Waals surface area contributed by atoms with E-state index in [1.54, 1.807) is 6.20 Å². The van der Waals surface area contributed by atoms with Crippen molar-refractivity contribution < 1.29 is 9.90 Å². The number of aryl methyl sites for hydroxylation is 1. The first-order valence-corrected chi connectivity index (χ1v) is 6.05. The Kier molecular flexibility index (Phi) is 3.47. The molecule has 0 bridgehead atoms. The quantitative estimate of drug-likeness (QED) is 0.813. The maximum Gasteiger partial charge on any atom is 0.304 e. The van der Waals surface area contributed by atoms with Crippen molar-refractivity contribution in [2.24, 2.45) is 7.05 Å². The standard InChI is InChI=1S/C12H19N3O2/c1-9(11-5-7-13-14(11)2)15(10-3-4-10)8-6-12(16)17/h5,7,9-10H,3-4,6,8H2,1-2H3,(H,16,17). The van der Waals surface area contributed by atoms with Gasteiger partial charge in [0.25, 0.3) is 0 Å². The van der Waals surface area contributed by atoms with E-state index in [9.17, 15) is 4.79 Å². The van der Waals surface area contributed by atoms with Crippen molar-refractivity contribution >= 4 is 5.97 Å². The molecule has 1 heterocycles. The molecule has 1 saturated carbocycles. The van der Waals surface area contributed by atoms with Crippen molar-refractivity contribution in [1.29, 1.82) is 0 Å². The Morgan fingerprint density at radius 2 is 2.41 bits per heavy atom. The fourth-order valence-electron chi connectivity index (χ4n) is 2.29. The Hall–Kier alpha value is -1.36. The maximum atomic E-state index is 10.7. The summed E-state index contributed by atoms with van der Waals surface area (Å²) in [5, 5.41) is 13.0. The van der Waals surface area contributed by atoms with Crippen LogP contribution in [-0.2, 0) is 11.8 Å². The lowest BCUT2D eigenvalue weighted by molar-refractivity contribution is -0.137. The summed E-state index contributed by atoms with van der Waals surface area (Å²) in [6.07, 6.45) is 4.36. The summed E-state index contributed by atoms with van der Waals surface area (Å²) in [5.74, 6) is -0.729. The Balaban J connectivity index is 2.05. The van der Waals surface area contributed by atoms with Gasteiger partial charge >= 0.3 is 5.97 Å². The molecule has 1 atom stereocenters. The molecule has 0 spiro atoms. The zero-order chi connectivity index (χ0) is 12.4. The number of carboxylic acids is 1. The first kappa shape index (κ1) is 12.1. The Morgan fingerprint density at radius 1 is 1.71 bits per heavy atom. The lowest BCUT2D eigenvalue weighted by atomic mass is 10.2. The monoisotopic (exact) mass is 237 g/mol. The number of carbonyl (C=O) groups is 1. The van der Waals surface area contributed by atoms with E-state index < -0.39 is 5.97 Å².